The maximum atomic E-state index is 13.0. The molecule has 0 saturated heterocycles. The lowest BCUT2D eigenvalue weighted by Gasteiger charge is -2.17. The van der Waals surface area contributed by atoms with Crippen LogP contribution in [0.5, 0.6) is 0 Å². The average molecular weight is 331 g/mol. The SMILES string of the molecule is CCCOC(=O)C(C(=O)c1c(C)cccc1Cl)c1ccccc1. The van der Waals surface area contributed by atoms with Gasteiger partial charge in [-0.25, -0.2) is 0 Å². The molecule has 3 nitrogen and oxygen atoms in total. The maximum Gasteiger partial charge on any atom is 0.321 e. The molecule has 0 saturated carbocycles. The van der Waals surface area contributed by atoms with Gasteiger partial charge in [0.15, 0.2) is 5.78 Å². The molecule has 0 aliphatic carbocycles. The van der Waals surface area contributed by atoms with Crippen molar-refractivity contribution in [2.75, 3.05) is 6.61 Å². The van der Waals surface area contributed by atoms with Gasteiger partial charge in [-0.15, -0.1) is 0 Å². The first-order valence-corrected chi connectivity index (χ1v) is 7.95. The average Bonchev–Trinajstić information content (AvgIpc) is 2.54. The molecule has 0 aliphatic rings. The molecule has 0 N–H and O–H groups in total. The highest BCUT2D eigenvalue weighted by Crippen LogP contribution is 2.28. The number of hydrogen-bond donors (Lipinski definition) is 0. The van der Waals surface area contributed by atoms with Gasteiger partial charge in [-0.05, 0) is 30.5 Å². The minimum absolute atomic E-state index is 0.289. The lowest BCUT2D eigenvalue weighted by Crippen LogP contribution is -2.25. The zero-order chi connectivity index (χ0) is 16.8. The number of ketones is 1. The van der Waals surface area contributed by atoms with E-state index in [2.05, 4.69) is 0 Å². The molecular weight excluding hydrogens is 312 g/mol. The van der Waals surface area contributed by atoms with E-state index in [0.717, 1.165) is 5.56 Å². The number of rotatable bonds is 6. The predicted octanol–water partition coefficient (Wildman–Crippen LogP) is 4.57. The fraction of sp³-hybridized carbons (Fsp3) is 0.263. The third-order valence-electron chi connectivity index (χ3n) is 3.55. The molecule has 2 rings (SSSR count). The van der Waals surface area contributed by atoms with Gasteiger partial charge in [0.25, 0.3) is 0 Å². The van der Waals surface area contributed by atoms with E-state index in [4.69, 9.17) is 16.3 Å². The van der Waals surface area contributed by atoms with Crippen molar-refractivity contribution in [1.82, 2.24) is 0 Å². The van der Waals surface area contributed by atoms with Crippen LogP contribution >= 0.6 is 11.6 Å². The molecule has 0 aromatic heterocycles. The second kappa shape index (κ2) is 7.93. The summed E-state index contributed by atoms with van der Waals surface area (Å²) in [5.41, 5.74) is 1.72. The zero-order valence-electron chi connectivity index (χ0n) is 13.2. The second-order valence-electron chi connectivity index (χ2n) is 5.31. The molecule has 2 aromatic rings. The number of Topliss-reactive ketones (excluding diaryl/α,β-unsaturated/α-hetero) is 1. The van der Waals surface area contributed by atoms with Gasteiger partial charge in [0.2, 0.25) is 0 Å². The molecule has 0 fully saturated rings. The number of benzene rings is 2. The first kappa shape index (κ1) is 17.2. The van der Waals surface area contributed by atoms with Gasteiger partial charge in [-0.1, -0.05) is 61.0 Å². The van der Waals surface area contributed by atoms with Gasteiger partial charge < -0.3 is 4.74 Å². The Labute approximate surface area is 141 Å². The normalized spacial score (nSPS) is 11.8. The second-order valence-corrected chi connectivity index (χ2v) is 5.71. The Morgan fingerprint density at radius 1 is 1.09 bits per heavy atom. The quantitative estimate of drug-likeness (QED) is 0.443. The number of ether oxygens (including phenoxy) is 1. The number of esters is 1. The number of carbonyl (C=O) groups excluding carboxylic acids is 2. The lowest BCUT2D eigenvalue weighted by molar-refractivity contribution is -0.144. The fourth-order valence-electron chi connectivity index (χ4n) is 2.41. The molecule has 0 amide bonds. The highest BCUT2D eigenvalue weighted by atomic mass is 35.5. The van der Waals surface area contributed by atoms with Crippen LogP contribution in [-0.2, 0) is 9.53 Å². The summed E-state index contributed by atoms with van der Waals surface area (Å²) in [5, 5.41) is 0.347. The summed E-state index contributed by atoms with van der Waals surface area (Å²) < 4.78 is 5.23. The van der Waals surface area contributed by atoms with Gasteiger partial charge in [0, 0.05) is 5.56 Å². The zero-order valence-corrected chi connectivity index (χ0v) is 14.0. The molecule has 0 spiro atoms. The first-order valence-electron chi connectivity index (χ1n) is 7.57. The highest BCUT2D eigenvalue weighted by Gasteiger charge is 2.32. The predicted molar refractivity (Wildman–Crippen MR) is 91.0 cm³/mol. The van der Waals surface area contributed by atoms with Crippen LogP contribution in [0, 0.1) is 6.92 Å². The van der Waals surface area contributed by atoms with Crippen LogP contribution < -0.4 is 0 Å². The molecule has 1 atom stereocenters. The first-order chi connectivity index (χ1) is 11.1. The molecule has 23 heavy (non-hydrogen) atoms. The number of hydrogen-bond acceptors (Lipinski definition) is 3. The van der Waals surface area contributed by atoms with Crippen molar-refractivity contribution in [3.8, 4) is 0 Å². The molecule has 0 aliphatic heterocycles. The molecule has 0 heterocycles. The lowest BCUT2D eigenvalue weighted by atomic mass is 9.89. The smallest absolute Gasteiger partial charge is 0.321 e. The van der Waals surface area contributed by atoms with Gasteiger partial charge in [0.1, 0.15) is 5.92 Å². The van der Waals surface area contributed by atoms with Crippen LogP contribution in [0.15, 0.2) is 48.5 Å². The van der Waals surface area contributed by atoms with Crippen molar-refractivity contribution in [1.29, 1.82) is 0 Å². The van der Waals surface area contributed by atoms with Crippen LogP contribution in [0.3, 0.4) is 0 Å². The van der Waals surface area contributed by atoms with Gasteiger partial charge in [0.05, 0.1) is 11.6 Å². The maximum absolute atomic E-state index is 13.0. The van der Waals surface area contributed by atoms with E-state index in [1.807, 2.05) is 13.0 Å². The summed E-state index contributed by atoms with van der Waals surface area (Å²) in [6, 6.07) is 14.2. The van der Waals surface area contributed by atoms with Crippen molar-refractivity contribution < 1.29 is 14.3 Å². The number of halogens is 1. The summed E-state index contributed by atoms with van der Waals surface area (Å²) in [5.74, 6) is -1.87. The van der Waals surface area contributed by atoms with Crippen molar-refractivity contribution in [3.05, 3.63) is 70.2 Å². The fourth-order valence-corrected chi connectivity index (χ4v) is 2.73. The van der Waals surface area contributed by atoms with Gasteiger partial charge in [-0.2, -0.15) is 0 Å². The van der Waals surface area contributed by atoms with E-state index >= 15 is 0 Å². The Morgan fingerprint density at radius 2 is 1.78 bits per heavy atom. The number of carbonyl (C=O) groups is 2. The Hall–Kier alpha value is -2.13. The minimum atomic E-state index is -0.999. The third-order valence-corrected chi connectivity index (χ3v) is 3.86. The van der Waals surface area contributed by atoms with E-state index in [-0.39, 0.29) is 12.4 Å². The standard InChI is InChI=1S/C19H19ClO3/c1-3-12-23-19(22)17(14-9-5-4-6-10-14)18(21)16-13(2)8-7-11-15(16)20/h4-11,17H,3,12H2,1-2H3. The van der Waals surface area contributed by atoms with Crippen LogP contribution in [0.2, 0.25) is 5.02 Å². The monoisotopic (exact) mass is 330 g/mol. The largest absolute Gasteiger partial charge is 0.465 e. The molecule has 0 radical (unpaired) electrons. The Bertz CT molecular complexity index is 675. The molecular formula is C19H19ClO3. The van der Waals surface area contributed by atoms with Crippen LogP contribution in [-0.4, -0.2) is 18.4 Å². The summed E-state index contributed by atoms with van der Waals surface area (Å²) in [6.07, 6.45) is 0.701. The van der Waals surface area contributed by atoms with E-state index in [1.165, 1.54) is 0 Å². The third kappa shape index (κ3) is 3.99. The molecule has 4 heteroatoms. The summed E-state index contributed by atoms with van der Waals surface area (Å²) >= 11 is 6.19. The van der Waals surface area contributed by atoms with E-state index in [0.29, 0.717) is 22.6 Å². The van der Waals surface area contributed by atoms with Gasteiger partial charge in [-0.3, -0.25) is 9.59 Å². The summed E-state index contributed by atoms with van der Waals surface area (Å²) in [4.78, 5) is 25.5. The van der Waals surface area contributed by atoms with Crippen molar-refractivity contribution in [2.24, 2.45) is 0 Å². The minimum Gasteiger partial charge on any atom is -0.465 e. The Morgan fingerprint density at radius 3 is 2.39 bits per heavy atom. The summed E-state index contributed by atoms with van der Waals surface area (Å²) in [7, 11) is 0. The van der Waals surface area contributed by atoms with E-state index < -0.39 is 11.9 Å². The Kier molecular flexibility index (Phi) is 5.94. The molecule has 1 unspecified atom stereocenters. The van der Waals surface area contributed by atoms with Crippen molar-refractivity contribution in [2.45, 2.75) is 26.2 Å². The van der Waals surface area contributed by atoms with Crippen LogP contribution in [0.1, 0.15) is 40.7 Å². The van der Waals surface area contributed by atoms with Crippen molar-refractivity contribution in [3.63, 3.8) is 0 Å². The number of aryl methyl sites for hydroxylation is 1. The van der Waals surface area contributed by atoms with Crippen LogP contribution in [0.25, 0.3) is 0 Å². The molecule has 2 aromatic carbocycles. The summed E-state index contributed by atoms with van der Waals surface area (Å²) in [6.45, 7) is 4.00. The van der Waals surface area contributed by atoms with Crippen molar-refractivity contribution >= 4 is 23.4 Å². The van der Waals surface area contributed by atoms with E-state index in [9.17, 15) is 9.59 Å². The topological polar surface area (TPSA) is 43.4 Å². The van der Waals surface area contributed by atoms with E-state index in [1.54, 1.807) is 49.4 Å². The Balaban J connectivity index is 2.45. The molecule has 0 bridgehead atoms. The molecule has 120 valence electrons. The van der Waals surface area contributed by atoms with Crippen LogP contribution in [0.4, 0.5) is 0 Å². The van der Waals surface area contributed by atoms with Gasteiger partial charge >= 0.3 is 5.97 Å². The highest BCUT2D eigenvalue weighted by molar-refractivity contribution is 6.35.